The number of carbonyl (C=O) groups excluding carboxylic acids is 2. The zero-order chi connectivity index (χ0) is 14.6. The molecule has 0 spiro atoms. The second-order valence-corrected chi connectivity index (χ2v) is 5.68. The highest BCUT2D eigenvalue weighted by Crippen LogP contribution is 2.27. The van der Waals surface area contributed by atoms with Crippen molar-refractivity contribution in [2.75, 3.05) is 6.61 Å². The molecular weight excluding hydrogens is 250 g/mol. The molecule has 2 N–H and O–H groups in total. The van der Waals surface area contributed by atoms with Crippen LogP contribution in [0.25, 0.3) is 0 Å². The standard InChI is InChI=1S/C13H23NO5/c1-5-18-11(16)8-6-7-9(15)10(8)14-12(17)19-13(2,3)4/h8-10,15H,5-7H2,1-4H3,(H,14,17)/t8-,9+,10-/m0/s1. The van der Waals surface area contributed by atoms with E-state index in [9.17, 15) is 14.7 Å². The van der Waals surface area contributed by atoms with Crippen LogP contribution >= 0.6 is 0 Å². The number of carbonyl (C=O) groups is 2. The fraction of sp³-hybridized carbons (Fsp3) is 0.846. The number of nitrogens with one attached hydrogen (secondary N) is 1. The molecule has 0 heterocycles. The molecule has 6 nitrogen and oxygen atoms in total. The number of esters is 1. The van der Waals surface area contributed by atoms with E-state index in [0.29, 0.717) is 12.8 Å². The fourth-order valence-corrected chi connectivity index (χ4v) is 2.13. The number of amides is 1. The van der Waals surface area contributed by atoms with Gasteiger partial charge < -0.3 is 19.9 Å². The minimum absolute atomic E-state index is 0.282. The van der Waals surface area contributed by atoms with Gasteiger partial charge in [0.05, 0.1) is 24.7 Å². The molecule has 110 valence electrons. The average Bonchev–Trinajstić information content (AvgIpc) is 2.58. The summed E-state index contributed by atoms with van der Waals surface area (Å²) >= 11 is 0. The van der Waals surface area contributed by atoms with Crippen LogP contribution in [0.15, 0.2) is 0 Å². The molecule has 0 aromatic heterocycles. The Morgan fingerprint density at radius 1 is 1.32 bits per heavy atom. The molecule has 0 radical (unpaired) electrons. The molecule has 1 fully saturated rings. The van der Waals surface area contributed by atoms with Crippen LogP contribution in [0.1, 0.15) is 40.5 Å². The largest absolute Gasteiger partial charge is 0.466 e. The Morgan fingerprint density at radius 2 is 1.95 bits per heavy atom. The molecule has 0 unspecified atom stereocenters. The van der Waals surface area contributed by atoms with E-state index >= 15 is 0 Å². The summed E-state index contributed by atoms with van der Waals surface area (Å²) in [6, 6.07) is -0.645. The van der Waals surface area contributed by atoms with Crippen LogP contribution < -0.4 is 5.32 Å². The second-order valence-electron chi connectivity index (χ2n) is 5.68. The molecule has 0 aromatic carbocycles. The van der Waals surface area contributed by atoms with Crippen molar-refractivity contribution in [2.24, 2.45) is 5.92 Å². The molecular formula is C13H23NO5. The van der Waals surface area contributed by atoms with Gasteiger partial charge in [0.25, 0.3) is 0 Å². The minimum atomic E-state index is -0.748. The van der Waals surface area contributed by atoms with E-state index in [1.165, 1.54) is 0 Å². The molecule has 1 rings (SSSR count). The minimum Gasteiger partial charge on any atom is -0.466 e. The Kier molecular flexibility index (Phi) is 5.17. The molecule has 0 aromatic rings. The molecule has 1 saturated carbocycles. The van der Waals surface area contributed by atoms with Gasteiger partial charge in [0.2, 0.25) is 0 Å². The van der Waals surface area contributed by atoms with E-state index in [4.69, 9.17) is 9.47 Å². The van der Waals surface area contributed by atoms with E-state index in [2.05, 4.69) is 5.32 Å². The number of hydrogen-bond donors (Lipinski definition) is 2. The zero-order valence-electron chi connectivity index (χ0n) is 11.9. The molecule has 0 bridgehead atoms. The monoisotopic (exact) mass is 273 g/mol. The maximum Gasteiger partial charge on any atom is 0.407 e. The maximum absolute atomic E-state index is 11.7. The first-order valence-electron chi connectivity index (χ1n) is 6.59. The van der Waals surface area contributed by atoms with Crippen molar-refractivity contribution in [3.05, 3.63) is 0 Å². The molecule has 0 aliphatic heterocycles. The van der Waals surface area contributed by atoms with Gasteiger partial charge in [0, 0.05) is 0 Å². The second kappa shape index (κ2) is 6.23. The lowest BCUT2D eigenvalue weighted by Crippen LogP contribution is -2.48. The van der Waals surface area contributed by atoms with Crippen molar-refractivity contribution in [1.82, 2.24) is 5.32 Å². The maximum atomic E-state index is 11.7. The van der Waals surface area contributed by atoms with Crippen molar-refractivity contribution in [3.63, 3.8) is 0 Å². The van der Waals surface area contributed by atoms with Crippen molar-refractivity contribution < 1.29 is 24.2 Å². The Balaban J connectivity index is 2.62. The highest BCUT2D eigenvalue weighted by Gasteiger charge is 2.41. The van der Waals surface area contributed by atoms with Crippen molar-refractivity contribution in [2.45, 2.75) is 58.3 Å². The fourth-order valence-electron chi connectivity index (χ4n) is 2.13. The van der Waals surface area contributed by atoms with Crippen molar-refractivity contribution >= 4 is 12.1 Å². The number of aliphatic hydroxyl groups is 1. The number of alkyl carbamates (subject to hydrolysis) is 1. The molecule has 0 saturated heterocycles. The van der Waals surface area contributed by atoms with Crippen LogP contribution in [-0.4, -0.2) is 41.5 Å². The number of ether oxygens (including phenoxy) is 2. The van der Waals surface area contributed by atoms with Gasteiger partial charge in [-0.25, -0.2) is 4.79 Å². The van der Waals surface area contributed by atoms with Crippen LogP contribution in [-0.2, 0) is 14.3 Å². The van der Waals surface area contributed by atoms with Crippen LogP contribution in [0, 0.1) is 5.92 Å². The molecule has 19 heavy (non-hydrogen) atoms. The summed E-state index contributed by atoms with van der Waals surface area (Å²) in [4.78, 5) is 23.4. The average molecular weight is 273 g/mol. The van der Waals surface area contributed by atoms with Gasteiger partial charge in [-0.2, -0.15) is 0 Å². The topological polar surface area (TPSA) is 84.9 Å². The van der Waals surface area contributed by atoms with E-state index in [1.54, 1.807) is 27.7 Å². The van der Waals surface area contributed by atoms with Crippen LogP contribution in [0.2, 0.25) is 0 Å². The first-order chi connectivity index (χ1) is 8.74. The van der Waals surface area contributed by atoms with Crippen LogP contribution in [0.4, 0.5) is 4.79 Å². The summed E-state index contributed by atoms with van der Waals surface area (Å²) in [5.41, 5.74) is -0.618. The van der Waals surface area contributed by atoms with Crippen molar-refractivity contribution in [1.29, 1.82) is 0 Å². The van der Waals surface area contributed by atoms with Crippen LogP contribution in [0.5, 0.6) is 0 Å². The number of aliphatic hydroxyl groups excluding tert-OH is 1. The first-order valence-corrected chi connectivity index (χ1v) is 6.59. The summed E-state index contributed by atoms with van der Waals surface area (Å²) in [5.74, 6) is -0.900. The predicted octanol–water partition coefficient (Wildman–Crippen LogP) is 1.21. The van der Waals surface area contributed by atoms with Crippen LogP contribution in [0.3, 0.4) is 0 Å². The molecule has 1 aliphatic rings. The van der Waals surface area contributed by atoms with E-state index in [1.807, 2.05) is 0 Å². The summed E-state index contributed by atoms with van der Waals surface area (Å²) in [6.45, 7) is 7.26. The molecule has 1 aliphatic carbocycles. The Labute approximate surface area is 113 Å². The third-order valence-corrected chi connectivity index (χ3v) is 2.89. The summed E-state index contributed by atoms with van der Waals surface area (Å²) < 4.78 is 10.1. The molecule has 6 heteroatoms. The van der Waals surface area contributed by atoms with Gasteiger partial charge in [0.1, 0.15) is 5.60 Å². The SMILES string of the molecule is CCOC(=O)[C@H]1CC[C@@H](O)[C@H]1NC(=O)OC(C)(C)C. The predicted molar refractivity (Wildman–Crippen MR) is 68.5 cm³/mol. The summed E-state index contributed by atoms with van der Waals surface area (Å²) in [6.07, 6.45) is -0.417. The lowest BCUT2D eigenvalue weighted by Gasteiger charge is -2.25. The Morgan fingerprint density at radius 3 is 2.47 bits per heavy atom. The quantitative estimate of drug-likeness (QED) is 0.755. The van der Waals surface area contributed by atoms with Crippen molar-refractivity contribution in [3.8, 4) is 0 Å². The lowest BCUT2D eigenvalue weighted by molar-refractivity contribution is -0.148. The zero-order valence-corrected chi connectivity index (χ0v) is 11.9. The van der Waals surface area contributed by atoms with Gasteiger partial charge >= 0.3 is 12.1 Å². The van der Waals surface area contributed by atoms with Gasteiger partial charge in [0.15, 0.2) is 0 Å². The Hall–Kier alpha value is -1.30. The highest BCUT2D eigenvalue weighted by molar-refractivity contribution is 5.76. The normalized spacial score (nSPS) is 26.9. The van der Waals surface area contributed by atoms with E-state index in [-0.39, 0.29) is 12.6 Å². The van der Waals surface area contributed by atoms with Gasteiger partial charge in [-0.3, -0.25) is 4.79 Å². The summed E-state index contributed by atoms with van der Waals surface area (Å²) in [7, 11) is 0. The molecule has 1 amide bonds. The van der Waals surface area contributed by atoms with Gasteiger partial charge in [-0.05, 0) is 40.5 Å². The van der Waals surface area contributed by atoms with E-state index in [0.717, 1.165) is 0 Å². The Bertz CT molecular complexity index is 336. The lowest BCUT2D eigenvalue weighted by atomic mass is 10.0. The smallest absolute Gasteiger partial charge is 0.407 e. The number of rotatable bonds is 3. The molecule has 3 atom stereocenters. The first kappa shape index (κ1) is 15.8. The summed E-state index contributed by atoms with van der Waals surface area (Å²) in [5, 5.41) is 12.4. The van der Waals surface area contributed by atoms with Gasteiger partial charge in [-0.1, -0.05) is 0 Å². The third-order valence-electron chi connectivity index (χ3n) is 2.89. The highest BCUT2D eigenvalue weighted by atomic mass is 16.6. The third kappa shape index (κ3) is 4.70. The number of hydrogen-bond acceptors (Lipinski definition) is 5. The van der Waals surface area contributed by atoms with Gasteiger partial charge in [-0.15, -0.1) is 0 Å². The van der Waals surface area contributed by atoms with E-state index < -0.39 is 29.8 Å².